The van der Waals surface area contributed by atoms with E-state index in [0.29, 0.717) is 10.7 Å². The molecule has 6 nitrogen and oxygen atoms in total. The number of anilines is 1. The van der Waals surface area contributed by atoms with Gasteiger partial charge in [-0.25, -0.2) is 9.78 Å². The van der Waals surface area contributed by atoms with Crippen LogP contribution in [0, 0.1) is 0 Å². The Morgan fingerprint density at radius 1 is 1.42 bits per heavy atom. The second-order valence-electron chi connectivity index (χ2n) is 3.62. The Bertz CT molecular complexity index is 557. The summed E-state index contributed by atoms with van der Waals surface area (Å²) >= 11 is 1.29. The summed E-state index contributed by atoms with van der Waals surface area (Å²) < 4.78 is 5.03. The Kier molecular flexibility index (Phi) is 4.19. The van der Waals surface area contributed by atoms with Crippen molar-refractivity contribution in [1.29, 1.82) is 0 Å². The minimum Gasteiger partial charge on any atom is -0.449 e. The molecular weight excluding hydrogens is 266 g/mol. The minimum absolute atomic E-state index is 0.302. The van der Waals surface area contributed by atoms with Gasteiger partial charge in [-0.05, 0) is 19.1 Å². The first-order valence-electron chi connectivity index (χ1n) is 5.48. The summed E-state index contributed by atoms with van der Waals surface area (Å²) in [6.45, 7) is 1.50. The van der Waals surface area contributed by atoms with Crippen molar-refractivity contribution in [3.05, 3.63) is 41.7 Å². The van der Waals surface area contributed by atoms with Crippen LogP contribution in [0.25, 0.3) is 0 Å². The molecule has 0 saturated carbocycles. The first-order chi connectivity index (χ1) is 9.16. The average Bonchev–Trinajstić information content (AvgIpc) is 2.92. The zero-order valence-electron chi connectivity index (χ0n) is 10.1. The number of nitrogens with zero attached hydrogens (tertiary/aromatic N) is 2. The maximum absolute atomic E-state index is 11.7. The maximum atomic E-state index is 11.7. The van der Waals surface area contributed by atoms with Gasteiger partial charge in [0.05, 0.1) is 5.56 Å². The van der Waals surface area contributed by atoms with E-state index in [1.807, 2.05) is 0 Å². The van der Waals surface area contributed by atoms with Crippen molar-refractivity contribution >= 4 is 28.3 Å². The summed E-state index contributed by atoms with van der Waals surface area (Å²) in [6.07, 6.45) is 3.60. The number of hydrogen-bond donors (Lipinski definition) is 1. The molecule has 2 aromatic rings. The first kappa shape index (κ1) is 13.2. The lowest BCUT2D eigenvalue weighted by atomic mass is 10.3. The number of rotatable bonds is 4. The minimum atomic E-state index is -0.906. The van der Waals surface area contributed by atoms with Gasteiger partial charge in [0, 0.05) is 24.0 Å². The van der Waals surface area contributed by atoms with Crippen molar-refractivity contribution in [3.8, 4) is 0 Å². The fourth-order valence-corrected chi connectivity index (χ4v) is 1.79. The lowest BCUT2D eigenvalue weighted by Crippen LogP contribution is -2.29. The van der Waals surface area contributed by atoms with Gasteiger partial charge in [-0.1, -0.05) is 0 Å². The second-order valence-corrected chi connectivity index (χ2v) is 4.51. The van der Waals surface area contributed by atoms with Crippen molar-refractivity contribution in [1.82, 2.24) is 9.97 Å². The van der Waals surface area contributed by atoms with E-state index in [2.05, 4.69) is 15.3 Å². The molecule has 1 unspecified atom stereocenters. The van der Waals surface area contributed by atoms with Crippen LogP contribution in [-0.4, -0.2) is 27.9 Å². The summed E-state index contributed by atoms with van der Waals surface area (Å²) in [7, 11) is 0. The summed E-state index contributed by atoms with van der Waals surface area (Å²) in [5.74, 6) is -1.01. The van der Waals surface area contributed by atoms with E-state index in [4.69, 9.17) is 4.74 Å². The average molecular weight is 277 g/mol. The molecule has 0 aliphatic rings. The fourth-order valence-electron chi connectivity index (χ4n) is 1.26. The van der Waals surface area contributed by atoms with E-state index >= 15 is 0 Å². The molecule has 0 fully saturated rings. The first-order valence-corrected chi connectivity index (χ1v) is 6.36. The van der Waals surface area contributed by atoms with Crippen LogP contribution in [0.3, 0.4) is 0 Å². The van der Waals surface area contributed by atoms with Gasteiger partial charge in [-0.15, -0.1) is 11.3 Å². The van der Waals surface area contributed by atoms with Crippen LogP contribution in [0.2, 0.25) is 0 Å². The molecule has 0 saturated heterocycles. The van der Waals surface area contributed by atoms with E-state index in [1.54, 1.807) is 29.9 Å². The quantitative estimate of drug-likeness (QED) is 0.861. The molecule has 1 N–H and O–H groups in total. The lowest BCUT2D eigenvalue weighted by molar-refractivity contribution is -0.123. The molecule has 2 rings (SSSR count). The number of esters is 1. The number of aromatic nitrogens is 2. The third kappa shape index (κ3) is 3.59. The zero-order chi connectivity index (χ0) is 13.7. The van der Waals surface area contributed by atoms with Crippen LogP contribution < -0.4 is 5.32 Å². The molecule has 0 bridgehead atoms. The highest BCUT2D eigenvalue weighted by atomic mass is 32.1. The van der Waals surface area contributed by atoms with Gasteiger partial charge in [0.2, 0.25) is 0 Å². The maximum Gasteiger partial charge on any atom is 0.340 e. The summed E-state index contributed by atoms with van der Waals surface area (Å²) in [6, 6.07) is 3.19. The van der Waals surface area contributed by atoms with E-state index in [1.165, 1.54) is 24.5 Å². The highest BCUT2D eigenvalue weighted by molar-refractivity contribution is 7.13. The van der Waals surface area contributed by atoms with Gasteiger partial charge in [0.1, 0.15) is 0 Å². The third-order valence-electron chi connectivity index (χ3n) is 2.21. The van der Waals surface area contributed by atoms with Crippen molar-refractivity contribution in [3.63, 3.8) is 0 Å². The predicted octanol–water partition coefficient (Wildman–Crippen LogP) is 1.72. The van der Waals surface area contributed by atoms with Gasteiger partial charge in [-0.3, -0.25) is 15.1 Å². The monoisotopic (exact) mass is 277 g/mol. The standard InChI is InChI=1S/C12H11N3O3S/c1-8(10(16)15-12-14-5-6-19-12)18-11(17)9-3-2-4-13-7-9/h2-8H,1H3,(H,14,15,16). The van der Waals surface area contributed by atoms with Crippen LogP contribution in [0.4, 0.5) is 5.13 Å². The smallest absolute Gasteiger partial charge is 0.340 e. The molecule has 0 aliphatic carbocycles. The predicted molar refractivity (Wildman–Crippen MR) is 69.9 cm³/mol. The molecule has 0 aromatic carbocycles. The number of carbonyl (C=O) groups is 2. The molecule has 7 heteroatoms. The largest absolute Gasteiger partial charge is 0.449 e. The summed E-state index contributed by atoms with van der Waals surface area (Å²) in [5, 5.41) is 4.76. The zero-order valence-corrected chi connectivity index (χ0v) is 10.9. The number of ether oxygens (including phenoxy) is 1. The van der Waals surface area contributed by atoms with Crippen molar-refractivity contribution in [2.45, 2.75) is 13.0 Å². The molecule has 19 heavy (non-hydrogen) atoms. The van der Waals surface area contributed by atoms with Gasteiger partial charge >= 0.3 is 5.97 Å². The van der Waals surface area contributed by atoms with Crippen molar-refractivity contribution in [2.24, 2.45) is 0 Å². The second kappa shape index (κ2) is 6.05. The highest BCUT2D eigenvalue weighted by Gasteiger charge is 2.19. The Morgan fingerprint density at radius 2 is 2.26 bits per heavy atom. The molecular formula is C12H11N3O3S. The number of carbonyl (C=O) groups excluding carboxylic acids is 2. The lowest BCUT2D eigenvalue weighted by Gasteiger charge is -2.11. The molecule has 0 radical (unpaired) electrons. The third-order valence-corrected chi connectivity index (χ3v) is 2.90. The summed E-state index contributed by atoms with van der Waals surface area (Å²) in [4.78, 5) is 31.2. The van der Waals surface area contributed by atoms with Crippen molar-refractivity contribution < 1.29 is 14.3 Å². The van der Waals surface area contributed by atoms with E-state index < -0.39 is 18.0 Å². The van der Waals surface area contributed by atoms with Crippen LogP contribution in [0.5, 0.6) is 0 Å². The van der Waals surface area contributed by atoms with Gasteiger partial charge in [0.25, 0.3) is 5.91 Å². The molecule has 1 atom stereocenters. The van der Waals surface area contributed by atoms with Crippen LogP contribution in [0.1, 0.15) is 17.3 Å². The Balaban J connectivity index is 1.92. The molecule has 0 aliphatic heterocycles. The normalized spacial score (nSPS) is 11.6. The van der Waals surface area contributed by atoms with Gasteiger partial charge in [-0.2, -0.15) is 0 Å². The molecule has 1 amide bonds. The Hall–Kier alpha value is -2.28. The SMILES string of the molecule is CC(OC(=O)c1cccnc1)C(=O)Nc1nccs1. The number of amides is 1. The molecule has 2 heterocycles. The highest BCUT2D eigenvalue weighted by Crippen LogP contribution is 2.11. The molecule has 98 valence electrons. The van der Waals surface area contributed by atoms with Crippen molar-refractivity contribution in [2.75, 3.05) is 5.32 Å². The molecule has 0 spiro atoms. The van der Waals surface area contributed by atoms with Gasteiger partial charge in [0.15, 0.2) is 11.2 Å². The fraction of sp³-hybridized carbons (Fsp3) is 0.167. The number of pyridine rings is 1. The molecule has 2 aromatic heterocycles. The topological polar surface area (TPSA) is 81.2 Å². The number of hydrogen-bond acceptors (Lipinski definition) is 6. The Labute approximate surface area is 113 Å². The van der Waals surface area contributed by atoms with E-state index in [0.717, 1.165) is 0 Å². The summed E-state index contributed by atoms with van der Waals surface area (Å²) in [5.41, 5.74) is 0.302. The van der Waals surface area contributed by atoms with Crippen LogP contribution in [0.15, 0.2) is 36.1 Å². The van der Waals surface area contributed by atoms with Crippen LogP contribution >= 0.6 is 11.3 Å². The number of thiazole rings is 1. The van der Waals surface area contributed by atoms with Gasteiger partial charge < -0.3 is 4.74 Å². The number of nitrogens with one attached hydrogen (secondary N) is 1. The van der Waals surface area contributed by atoms with E-state index in [-0.39, 0.29) is 0 Å². The van der Waals surface area contributed by atoms with Crippen LogP contribution in [-0.2, 0) is 9.53 Å². The Morgan fingerprint density at radius 3 is 2.89 bits per heavy atom. The van der Waals surface area contributed by atoms with E-state index in [9.17, 15) is 9.59 Å².